The van der Waals surface area contributed by atoms with E-state index in [4.69, 9.17) is 9.47 Å². The number of anilines is 1. The number of carbonyl (C=O) groups is 1. The smallest absolute Gasteiger partial charge is 0.259 e. The lowest BCUT2D eigenvalue weighted by molar-refractivity contribution is 0.102. The summed E-state index contributed by atoms with van der Waals surface area (Å²) in [6, 6.07) is 22.7. The van der Waals surface area contributed by atoms with Gasteiger partial charge in [-0.3, -0.25) is 4.79 Å². The van der Waals surface area contributed by atoms with E-state index in [0.29, 0.717) is 29.4 Å². The van der Waals surface area contributed by atoms with Crippen LogP contribution in [0.2, 0.25) is 0 Å². The summed E-state index contributed by atoms with van der Waals surface area (Å²) < 4.78 is 12.5. The first-order chi connectivity index (χ1) is 13.5. The number of carbonyl (C=O) groups excluding carboxylic acids is 1. The van der Waals surface area contributed by atoms with Gasteiger partial charge in [0.15, 0.2) is 0 Å². The van der Waals surface area contributed by atoms with Gasteiger partial charge in [-0.05, 0) is 49.7 Å². The summed E-state index contributed by atoms with van der Waals surface area (Å²) in [5, 5.41) is 2.94. The van der Waals surface area contributed by atoms with E-state index in [1.807, 2.05) is 74.5 Å². The van der Waals surface area contributed by atoms with E-state index in [9.17, 15) is 4.79 Å². The van der Waals surface area contributed by atoms with Gasteiger partial charge in [0.05, 0.1) is 17.4 Å². The van der Waals surface area contributed by atoms with E-state index in [0.717, 1.165) is 10.0 Å². The van der Waals surface area contributed by atoms with Crippen molar-refractivity contribution in [3.63, 3.8) is 0 Å². The fraction of sp³-hybridized carbons (Fsp3) is 0.174. The predicted octanol–water partition coefficient (Wildman–Crippen LogP) is 6.07. The van der Waals surface area contributed by atoms with E-state index < -0.39 is 0 Å². The van der Waals surface area contributed by atoms with Gasteiger partial charge in [0.1, 0.15) is 18.1 Å². The van der Waals surface area contributed by atoms with Crippen LogP contribution in [0, 0.1) is 0 Å². The van der Waals surface area contributed by atoms with Crippen LogP contribution in [0.25, 0.3) is 0 Å². The Morgan fingerprint density at radius 2 is 1.68 bits per heavy atom. The van der Waals surface area contributed by atoms with Gasteiger partial charge < -0.3 is 14.8 Å². The summed E-state index contributed by atoms with van der Waals surface area (Å²) in [6.45, 7) is 4.28. The molecule has 0 radical (unpaired) electrons. The molecule has 1 amide bonds. The van der Waals surface area contributed by atoms with Gasteiger partial charge in [-0.2, -0.15) is 0 Å². The van der Waals surface area contributed by atoms with Crippen molar-refractivity contribution >= 4 is 27.5 Å². The minimum absolute atomic E-state index is 0.0331. The van der Waals surface area contributed by atoms with Crippen LogP contribution in [0.15, 0.2) is 77.3 Å². The average Bonchev–Trinajstić information content (AvgIpc) is 2.69. The van der Waals surface area contributed by atoms with Crippen LogP contribution in [0.5, 0.6) is 11.5 Å². The number of rotatable bonds is 7. The molecule has 144 valence electrons. The summed E-state index contributed by atoms with van der Waals surface area (Å²) in [6.07, 6.45) is -0.0331. The number of para-hydroxylation sites is 2. The summed E-state index contributed by atoms with van der Waals surface area (Å²) in [4.78, 5) is 12.9. The predicted molar refractivity (Wildman–Crippen MR) is 115 cm³/mol. The molecule has 3 rings (SSSR count). The highest BCUT2D eigenvalue weighted by molar-refractivity contribution is 9.10. The highest BCUT2D eigenvalue weighted by Gasteiger charge is 2.16. The zero-order valence-electron chi connectivity index (χ0n) is 15.8. The number of amides is 1. The number of ether oxygens (including phenoxy) is 2. The molecule has 0 unspecified atom stereocenters. The molecule has 0 aliphatic rings. The molecule has 0 fully saturated rings. The van der Waals surface area contributed by atoms with Crippen LogP contribution < -0.4 is 14.8 Å². The summed E-state index contributed by atoms with van der Waals surface area (Å²) in [5.74, 6) is 0.895. The van der Waals surface area contributed by atoms with Crippen molar-refractivity contribution in [3.05, 3.63) is 88.4 Å². The van der Waals surface area contributed by atoms with Crippen LogP contribution >= 0.6 is 15.9 Å². The highest BCUT2D eigenvalue weighted by atomic mass is 79.9. The quantitative estimate of drug-likeness (QED) is 0.485. The standard InChI is InChI=1S/C23H22BrNO3/c1-16(2)28-21-13-12-18(24)14-19(21)23(26)25-20-10-6-7-11-22(20)27-15-17-8-4-3-5-9-17/h3-14,16H,15H2,1-2H3,(H,25,26). The van der Waals surface area contributed by atoms with Crippen LogP contribution in [0.3, 0.4) is 0 Å². The Labute approximate surface area is 173 Å². The summed E-state index contributed by atoms with van der Waals surface area (Å²) in [7, 11) is 0. The number of halogens is 1. The van der Waals surface area contributed by atoms with Crippen molar-refractivity contribution in [2.24, 2.45) is 0 Å². The van der Waals surface area contributed by atoms with E-state index in [-0.39, 0.29) is 12.0 Å². The SMILES string of the molecule is CC(C)Oc1ccc(Br)cc1C(=O)Nc1ccccc1OCc1ccccc1. The van der Waals surface area contributed by atoms with E-state index in [2.05, 4.69) is 21.2 Å². The van der Waals surface area contributed by atoms with Crippen molar-refractivity contribution in [3.8, 4) is 11.5 Å². The largest absolute Gasteiger partial charge is 0.490 e. The van der Waals surface area contributed by atoms with Crippen LogP contribution in [-0.4, -0.2) is 12.0 Å². The third-order valence-electron chi connectivity index (χ3n) is 3.92. The van der Waals surface area contributed by atoms with Gasteiger partial charge in [0, 0.05) is 4.47 Å². The molecule has 0 aromatic heterocycles. The summed E-state index contributed by atoms with van der Waals surface area (Å²) >= 11 is 3.42. The first kappa shape index (κ1) is 20.0. The fourth-order valence-electron chi connectivity index (χ4n) is 2.66. The average molecular weight is 440 g/mol. The number of hydrogen-bond acceptors (Lipinski definition) is 3. The van der Waals surface area contributed by atoms with E-state index in [1.165, 1.54) is 0 Å². The molecule has 0 aliphatic carbocycles. The van der Waals surface area contributed by atoms with Gasteiger partial charge in [-0.1, -0.05) is 58.4 Å². The Bertz CT molecular complexity index is 942. The molecule has 0 aliphatic heterocycles. The van der Waals surface area contributed by atoms with Gasteiger partial charge in [-0.25, -0.2) is 0 Å². The topological polar surface area (TPSA) is 47.6 Å². The van der Waals surface area contributed by atoms with E-state index >= 15 is 0 Å². The lowest BCUT2D eigenvalue weighted by Crippen LogP contribution is -2.16. The molecule has 0 atom stereocenters. The normalized spacial score (nSPS) is 10.6. The monoisotopic (exact) mass is 439 g/mol. The second-order valence-corrected chi connectivity index (χ2v) is 7.45. The van der Waals surface area contributed by atoms with Gasteiger partial charge in [0.2, 0.25) is 0 Å². The van der Waals surface area contributed by atoms with Gasteiger partial charge in [-0.15, -0.1) is 0 Å². The van der Waals surface area contributed by atoms with Crippen molar-refractivity contribution in [2.75, 3.05) is 5.32 Å². The molecule has 0 spiro atoms. The number of benzene rings is 3. The Balaban J connectivity index is 1.79. The van der Waals surface area contributed by atoms with Crippen molar-refractivity contribution in [1.29, 1.82) is 0 Å². The molecule has 1 N–H and O–H groups in total. The Kier molecular flexibility index (Phi) is 6.71. The zero-order valence-corrected chi connectivity index (χ0v) is 17.4. The summed E-state index contributed by atoms with van der Waals surface area (Å²) in [5.41, 5.74) is 2.13. The van der Waals surface area contributed by atoms with Gasteiger partial charge in [0.25, 0.3) is 5.91 Å². The lowest BCUT2D eigenvalue weighted by Gasteiger charge is -2.16. The maximum atomic E-state index is 12.9. The Morgan fingerprint density at radius 1 is 0.964 bits per heavy atom. The maximum absolute atomic E-state index is 12.9. The molecular weight excluding hydrogens is 418 g/mol. The van der Waals surface area contributed by atoms with Crippen LogP contribution in [-0.2, 0) is 6.61 Å². The van der Waals surface area contributed by atoms with Crippen molar-refractivity contribution in [1.82, 2.24) is 0 Å². The van der Waals surface area contributed by atoms with Crippen molar-refractivity contribution in [2.45, 2.75) is 26.6 Å². The molecular formula is C23H22BrNO3. The van der Waals surface area contributed by atoms with Crippen LogP contribution in [0.4, 0.5) is 5.69 Å². The minimum Gasteiger partial charge on any atom is -0.490 e. The molecule has 4 nitrogen and oxygen atoms in total. The van der Waals surface area contributed by atoms with E-state index in [1.54, 1.807) is 12.1 Å². The number of hydrogen-bond donors (Lipinski definition) is 1. The van der Waals surface area contributed by atoms with Gasteiger partial charge >= 0.3 is 0 Å². The molecule has 0 saturated heterocycles. The molecule has 0 heterocycles. The first-order valence-corrected chi connectivity index (χ1v) is 9.85. The maximum Gasteiger partial charge on any atom is 0.259 e. The van der Waals surface area contributed by atoms with Crippen molar-refractivity contribution < 1.29 is 14.3 Å². The zero-order chi connectivity index (χ0) is 19.9. The second kappa shape index (κ2) is 9.42. The fourth-order valence-corrected chi connectivity index (χ4v) is 3.02. The number of nitrogens with one attached hydrogen (secondary N) is 1. The minimum atomic E-state index is -0.257. The molecule has 5 heteroatoms. The Morgan fingerprint density at radius 3 is 2.43 bits per heavy atom. The molecule has 3 aromatic carbocycles. The third kappa shape index (κ3) is 5.36. The highest BCUT2D eigenvalue weighted by Crippen LogP contribution is 2.29. The second-order valence-electron chi connectivity index (χ2n) is 6.53. The molecule has 3 aromatic rings. The molecule has 0 bridgehead atoms. The lowest BCUT2D eigenvalue weighted by atomic mass is 10.1. The first-order valence-electron chi connectivity index (χ1n) is 9.06. The Hall–Kier alpha value is -2.79. The molecule has 0 saturated carbocycles. The van der Waals surface area contributed by atoms with Crippen LogP contribution in [0.1, 0.15) is 29.8 Å². The molecule has 28 heavy (non-hydrogen) atoms. The third-order valence-corrected chi connectivity index (χ3v) is 4.41.